The fourth-order valence-electron chi connectivity index (χ4n) is 1.39. The molecule has 0 saturated heterocycles. The summed E-state index contributed by atoms with van der Waals surface area (Å²) >= 11 is 6.62. The molecule has 0 aliphatic rings. The van der Waals surface area contributed by atoms with Gasteiger partial charge in [-0.05, 0) is 34.1 Å². The molecule has 94 valence electrons. The average Bonchev–Trinajstić information content (AvgIpc) is 2.28. The topological polar surface area (TPSA) is 60.8 Å². The number of nitrogens with zero attached hydrogens (tertiary/aromatic N) is 1. The lowest BCUT2D eigenvalue weighted by Gasteiger charge is -2.21. The van der Waals surface area contributed by atoms with E-state index in [1.54, 1.807) is 18.2 Å². The Morgan fingerprint density at radius 3 is 2.24 bits per heavy atom. The van der Waals surface area contributed by atoms with Gasteiger partial charge in [-0.3, -0.25) is 4.79 Å². The number of benzene rings is 1. The highest BCUT2D eigenvalue weighted by molar-refractivity contribution is 9.11. The summed E-state index contributed by atoms with van der Waals surface area (Å²) in [5.41, 5.74) is 0.509. The summed E-state index contributed by atoms with van der Waals surface area (Å²) in [6.45, 7) is 0.170. The zero-order valence-electron chi connectivity index (χ0n) is 9.07. The molecular weight excluding hydrogens is 354 g/mol. The second-order valence-corrected chi connectivity index (χ2v) is 5.13. The molecule has 0 aliphatic heterocycles. The highest BCUT2D eigenvalue weighted by Crippen LogP contribution is 2.23. The first-order chi connectivity index (χ1) is 8.10. The largest absolute Gasteiger partial charge is 0.395 e. The van der Waals surface area contributed by atoms with Crippen LogP contribution in [-0.4, -0.2) is 47.3 Å². The first-order valence-corrected chi connectivity index (χ1v) is 6.64. The molecule has 6 heteroatoms. The van der Waals surface area contributed by atoms with E-state index in [1.165, 1.54) is 4.90 Å². The summed E-state index contributed by atoms with van der Waals surface area (Å²) in [5.74, 6) is -0.215. The number of hydrogen-bond donors (Lipinski definition) is 2. The molecule has 17 heavy (non-hydrogen) atoms. The smallest absolute Gasteiger partial charge is 0.255 e. The number of aliphatic hydroxyl groups is 2. The van der Waals surface area contributed by atoms with E-state index in [0.29, 0.717) is 10.0 Å². The van der Waals surface area contributed by atoms with Crippen LogP contribution in [0.2, 0.25) is 0 Å². The van der Waals surface area contributed by atoms with Gasteiger partial charge in [0.05, 0.1) is 18.8 Å². The van der Waals surface area contributed by atoms with Crippen molar-refractivity contribution < 1.29 is 15.0 Å². The van der Waals surface area contributed by atoms with Crippen LogP contribution < -0.4 is 0 Å². The van der Waals surface area contributed by atoms with Gasteiger partial charge in [0, 0.05) is 22.0 Å². The van der Waals surface area contributed by atoms with Gasteiger partial charge in [0.1, 0.15) is 0 Å². The maximum absolute atomic E-state index is 12.1. The Kier molecular flexibility index (Phi) is 6.11. The molecule has 0 spiro atoms. The van der Waals surface area contributed by atoms with Crippen molar-refractivity contribution in [2.24, 2.45) is 0 Å². The fourth-order valence-corrected chi connectivity index (χ4v) is 2.61. The Hall–Kier alpha value is -0.430. The van der Waals surface area contributed by atoms with Crippen LogP contribution in [0.15, 0.2) is 27.1 Å². The summed E-state index contributed by atoms with van der Waals surface area (Å²) in [6, 6.07) is 5.25. The van der Waals surface area contributed by atoms with E-state index in [4.69, 9.17) is 10.2 Å². The number of rotatable bonds is 5. The van der Waals surface area contributed by atoms with Crippen LogP contribution in [0.4, 0.5) is 0 Å². The number of carbonyl (C=O) groups excluding carboxylic acids is 1. The molecule has 1 aromatic carbocycles. The van der Waals surface area contributed by atoms with Gasteiger partial charge in [-0.25, -0.2) is 0 Å². The molecule has 0 radical (unpaired) electrons. The van der Waals surface area contributed by atoms with Crippen molar-refractivity contribution in [3.8, 4) is 0 Å². The van der Waals surface area contributed by atoms with Gasteiger partial charge in [0.15, 0.2) is 0 Å². The van der Waals surface area contributed by atoms with E-state index < -0.39 is 0 Å². The highest BCUT2D eigenvalue weighted by Gasteiger charge is 2.17. The third-order valence-electron chi connectivity index (χ3n) is 2.19. The molecule has 2 N–H and O–H groups in total. The van der Waals surface area contributed by atoms with Crippen LogP contribution in [0.25, 0.3) is 0 Å². The third kappa shape index (κ3) is 4.06. The minimum absolute atomic E-state index is 0.125. The van der Waals surface area contributed by atoms with Crippen LogP contribution >= 0.6 is 31.9 Å². The fraction of sp³-hybridized carbons (Fsp3) is 0.364. The Bertz CT molecular complexity index is 392. The molecule has 0 saturated carbocycles. The van der Waals surface area contributed by atoms with Crippen molar-refractivity contribution in [3.05, 3.63) is 32.7 Å². The van der Waals surface area contributed by atoms with Gasteiger partial charge in [-0.15, -0.1) is 0 Å². The number of amides is 1. The van der Waals surface area contributed by atoms with Gasteiger partial charge in [0.25, 0.3) is 5.91 Å². The SMILES string of the molecule is O=C(c1ccc(Br)cc1Br)N(CCO)CCO. The first kappa shape index (κ1) is 14.6. The predicted octanol–water partition coefficient (Wildman–Crippen LogP) is 1.64. The minimum Gasteiger partial charge on any atom is -0.395 e. The molecular formula is C11H13Br2NO3. The van der Waals surface area contributed by atoms with Crippen molar-refractivity contribution >= 4 is 37.8 Å². The minimum atomic E-state index is -0.215. The molecule has 0 fully saturated rings. The normalized spacial score (nSPS) is 10.4. The monoisotopic (exact) mass is 365 g/mol. The van der Waals surface area contributed by atoms with Gasteiger partial charge in [-0.2, -0.15) is 0 Å². The second-order valence-electron chi connectivity index (χ2n) is 3.36. The van der Waals surface area contributed by atoms with Crippen molar-refractivity contribution in [1.29, 1.82) is 0 Å². The first-order valence-electron chi connectivity index (χ1n) is 5.06. The summed E-state index contributed by atoms with van der Waals surface area (Å²) < 4.78 is 1.55. The van der Waals surface area contributed by atoms with Crippen molar-refractivity contribution in [2.45, 2.75) is 0 Å². The molecule has 0 unspecified atom stereocenters. The van der Waals surface area contributed by atoms with Gasteiger partial charge in [-0.1, -0.05) is 15.9 Å². The summed E-state index contributed by atoms with van der Waals surface area (Å²) in [6.07, 6.45) is 0. The Morgan fingerprint density at radius 2 is 1.76 bits per heavy atom. The zero-order valence-corrected chi connectivity index (χ0v) is 12.2. The molecule has 0 heterocycles. The lowest BCUT2D eigenvalue weighted by Crippen LogP contribution is -2.36. The highest BCUT2D eigenvalue weighted by atomic mass is 79.9. The number of hydrogen-bond acceptors (Lipinski definition) is 3. The molecule has 1 rings (SSSR count). The number of halogens is 2. The summed E-state index contributed by atoms with van der Waals surface area (Å²) in [4.78, 5) is 13.5. The zero-order chi connectivity index (χ0) is 12.8. The molecule has 4 nitrogen and oxygen atoms in total. The van der Waals surface area contributed by atoms with Crippen molar-refractivity contribution in [3.63, 3.8) is 0 Å². The van der Waals surface area contributed by atoms with Crippen LogP contribution in [0.5, 0.6) is 0 Å². The Balaban J connectivity index is 2.92. The van der Waals surface area contributed by atoms with Gasteiger partial charge >= 0.3 is 0 Å². The lowest BCUT2D eigenvalue weighted by molar-refractivity contribution is 0.0684. The maximum Gasteiger partial charge on any atom is 0.255 e. The van der Waals surface area contributed by atoms with Crippen molar-refractivity contribution in [2.75, 3.05) is 26.3 Å². The van der Waals surface area contributed by atoms with E-state index in [-0.39, 0.29) is 32.2 Å². The number of carbonyl (C=O) groups is 1. The van der Waals surface area contributed by atoms with Crippen LogP contribution in [-0.2, 0) is 0 Å². The van der Waals surface area contributed by atoms with Gasteiger partial charge < -0.3 is 15.1 Å². The molecule has 1 aromatic rings. The molecule has 0 bridgehead atoms. The lowest BCUT2D eigenvalue weighted by atomic mass is 10.2. The van der Waals surface area contributed by atoms with Crippen LogP contribution in [0.1, 0.15) is 10.4 Å². The van der Waals surface area contributed by atoms with Gasteiger partial charge in [0.2, 0.25) is 0 Å². The second kappa shape index (κ2) is 7.10. The van der Waals surface area contributed by atoms with E-state index in [0.717, 1.165) is 4.47 Å². The third-order valence-corrected chi connectivity index (χ3v) is 3.34. The Labute approximate surface area is 117 Å². The maximum atomic E-state index is 12.1. The standard InChI is InChI=1S/C11H13Br2NO3/c12-8-1-2-9(10(13)7-8)11(17)14(3-5-15)4-6-16/h1-2,7,15-16H,3-6H2. The molecule has 1 amide bonds. The van der Waals surface area contributed by atoms with Crippen LogP contribution in [0.3, 0.4) is 0 Å². The summed E-state index contributed by atoms with van der Waals surface area (Å²) in [5, 5.41) is 17.8. The molecule has 0 aromatic heterocycles. The summed E-state index contributed by atoms with van der Waals surface area (Å²) in [7, 11) is 0. The van der Waals surface area contributed by atoms with E-state index in [2.05, 4.69) is 31.9 Å². The Morgan fingerprint density at radius 1 is 1.18 bits per heavy atom. The van der Waals surface area contributed by atoms with Crippen molar-refractivity contribution in [1.82, 2.24) is 4.90 Å². The predicted molar refractivity (Wildman–Crippen MR) is 71.9 cm³/mol. The van der Waals surface area contributed by atoms with E-state index >= 15 is 0 Å². The van der Waals surface area contributed by atoms with E-state index in [1.807, 2.05) is 0 Å². The van der Waals surface area contributed by atoms with Crippen LogP contribution in [0, 0.1) is 0 Å². The molecule has 0 atom stereocenters. The quantitative estimate of drug-likeness (QED) is 0.832. The number of aliphatic hydroxyl groups excluding tert-OH is 2. The average molecular weight is 367 g/mol. The van der Waals surface area contributed by atoms with E-state index in [9.17, 15) is 4.79 Å². The molecule has 0 aliphatic carbocycles.